The van der Waals surface area contributed by atoms with Gasteiger partial charge in [0, 0.05) is 35.6 Å². The molecule has 3 rings (SSSR count). The van der Waals surface area contributed by atoms with Gasteiger partial charge in [-0.3, -0.25) is 14.9 Å². The van der Waals surface area contributed by atoms with Gasteiger partial charge < -0.3 is 9.72 Å². The van der Waals surface area contributed by atoms with Crippen molar-refractivity contribution in [1.82, 2.24) is 15.4 Å². The molecule has 8 heteroatoms. The predicted molar refractivity (Wildman–Crippen MR) is 134 cm³/mol. The summed E-state index contributed by atoms with van der Waals surface area (Å²) < 4.78 is 20.1. The second-order valence-corrected chi connectivity index (χ2v) is 8.48. The summed E-state index contributed by atoms with van der Waals surface area (Å²) in [5, 5.41) is 9.56. The quantitative estimate of drug-likeness (QED) is 0.155. The van der Waals surface area contributed by atoms with Crippen molar-refractivity contribution in [2.75, 3.05) is 19.7 Å². The third-order valence-electron chi connectivity index (χ3n) is 5.80. The fraction of sp³-hybridized carbons (Fsp3) is 0.333. The fourth-order valence-electron chi connectivity index (χ4n) is 4.32. The molecule has 0 saturated heterocycles. The Bertz CT molecular complexity index is 1200. The molecule has 1 heterocycles. The lowest BCUT2D eigenvalue weighted by atomic mass is 9.96. The van der Waals surface area contributed by atoms with Gasteiger partial charge in [-0.1, -0.05) is 44.2 Å². The van der Waals surface area contributed by atoms with Crippen LogP contribution >= 0.6 is 0 Å². The van der Waals surface area contributed by atoms with Crippen LogP contribution in [-0.2, 0) is 16.1 Å². The van der Waals surface area contributed by atoms with Gasteiger partial charge in [-0.25, -0.2) is 14.7 Å². The maximum atomic E-state index is 14.9. The summed E-state index contributed by atoms with van der Waals surface area (Å²) in [4.78, 5) is 29.2. The number of fused-ring (bicyclic) bond motifs is 1. The van der Waals surface area contributed by atoms with Crippen LogP contribution in [0.15, 0.2) is 48.5 Å². The maximum absolute atomic E-state index is 14.9. The second-order valence-electron chi connectivity index (χ2n) is 8.48. The Hall–Kier alpha value is -3.49. The Morgan fingerprint density at radius 3 is 2.69 bits per heavy atom. The minimum Gasteiger partial charge on any atom is -0.461 e. The molecule has 0 bridgehead atoms. The number of carbonyl (C=O) groups excluding carboxylic acids is 2. The minimum atomic E-state index is -0.683. The van der Waals surface area contributed by atoms with Crippen molar-refractivity contribution in [2.24, 2.45) is 0 Å². The summed E-state index contributed by atoms with van der Waals surface area (Å²) >= 11 is 0. The molecule has 0 aliphatic rings. The Morgan fingerprint density at radius 2 is 2.00 bits per heavy atom. The smallest absolute Gasteiger partial charge is 0.355 e. The van der Waals surface area contributed by atoms with E-state index in [4.69, 9.17) is 9.94 Å². The molecule has 0 fully saturated rings. The Labute approximate surface area is 204 Å². The Kier molecular flexibility index (Phi) is 9.17. The van der Waals surface area contributed by atoms with E-state index in [0.717, 1.165) is 35.5 Å². The topological polar surface area (TPSA) is 94.7 Å². The summed E-state index contributed by atoms with van der Waals surface area (Å²) in [5.41, 5.74) is 4.81. The average molecular weight is 482 g/mol. The first-order chi connectivity index (χ1) is 16.9. The van der Waals surface area contributed by atoms with Crippen molar-refractivity contribution in [1.29, 1.82) is 0 Å². The van der Waals surface area contributed by atoms with Gasteiger partial charge in [0.15, 0.2) is 0 Å². The summed E-state index contributed by atoms with van der Waals surface area (Å²) in [5.74, 6) is -1.45. The molecular weight excluding hydrogens is 449 g/mol. The van der Waals surface area contributed by atoms with E-state index in [-0.39, 0.29) is 17.7 Å². The first-order valence-corrected chi connectivity index (χ1v) is 11.8. The van der Waals surface area contributed by atoms with Gasteiger partial charge in [-0.15, -0.1) is 0 Å². The van der Waals surface area contributed by atoms with Crippen molar-refractivity contribution in [3.05, 3.63) is 76.7 Å². The van der Waals surface area contributed by atoms with E-state index >= 15 is 0 Å². The highest BCUT2D eigenvalue weighted by atomic mass is 19.1. The van der Waals surface area contributed by atoms with Crippen molar-refractivity contribution >= 4 is 28.9 Å². The third kappa shape index (κ3) is 6.55. The first kappa shape index (κ1) is 26.1. The number of amides is 1. The maximum Gasteiger partial charge on any atom is 0.355 e. The van der Waals surface area contributed by atoms with Gasteiger partial charge in [0.2, 0.25) is 0 Å². The van der Waals surface area contributed by atoms with Gasteiger partial charge in [-0.2, -0.15) is 0 Å². The van der Waals surface area contributed by atoms with Crippen LogP contribution in [0.1, 0.15) is 60.3 Å². The van der Waals surface area contributed by atoms with Crippen LogP contribution in [0, 0.1) is 5.82 Å². The van der Waals surface area contributed by atoms with Gasteiger partial charge in [0.05, 0.1) is 6.61 Å². The van der Waals surface area contributed by atoms with Crippen molar-refractivity contribution in [3.8, 4) is 0 Å². The van der Waals surface area contributed by atoms with Crippen molar-refractivity contribution < 1.29 is 23.9 Å². The number of aromatic amines is 1. The highest BCUT2D eigenvalue weighted by Crippen LogP contribution is 2.31. The largest absolute Gasteiger partial charge is 0.461 e. The summed E-state index contributed by atoms with van der Waals surface area (Å²) in [6.45, 7) is 8.01. The normalized spacial score (nSPS) is 12.4. The third-order valence-corrected chi connectivity index (χ3v) is 5.80. The van der Waals surface area contributed by atoms with Gasteiger partial charge in [-0.05, 0) is 55.1 Å². The average Bonchev–Trinajstić information content (AvgIpc) is 3.24. The number of carbonyl (C=O) groups is 2. The van der Waals surface area contributed by atoms with E-state index < -0.39 is 5.91 Å². The van der Waals surface area contributed by atoms with Crippen LogP contribution in [0.5, 0.6) is 0 Å². The predicted octanol–water partition coefficient (Wildman–Crippen LogP) is 5.02. The molecule has 1 atom stereocenters. The number of nitrogens with one attached hydrogen (secondary N) is 2. The number of para-hydroxylation sites is 1. The highest BCUT2D eigenvalue weighted by Gasteiger charge is 2.24. The second kappa shape index (κ2) is 12.3. The zero-order valence-electron chi connectivity index (χ0n) is 20.3. The fourth-order valence-corrected chi connectivity index (χ4v) is 4.32. The molecule has 1 aromatic heterocycles. The lowest BCUT2D eigenvalue weighted by Gasteiger charge is -2.26. The van der Waals surface area contributed by atoms with Crippen LogP contribution < -0.4 is 5.48 Å². The Balaban J connectivity index is 1.83. The molecule has 1 amide bonds. The van der Waals surface area contributed by atoms with E-state index in [2.05, 4.69) is 23.7 Å². The molecule has 0 saturated carbocycles. The number of esters is 1. The van der Waals surface area contributed by atoms with E-state index in [9.17, 15) is 14.0 Å². The van der Waals surface area contributed by atoms with Crippen LogP contribution in [0.25, 0.3) is 17.0 Å². The molecule has 35 heavy (non-hydrogen) atoms. The number of nitrogens with zero attached hydrogens (tertiary/aromatic N) is 1. The number of H-pyrrole nitrogens is 1. The number of ether oxygens (including phenoxy) is 1. The molecule has 2 aromatic carbocycles. The number of hydrogen-bond acceptors (Lipinski definition) is 5. The molecule has 7 nitrogen and oxygen atoms in total. The molecule has 1 unspecified atom stereocenters. The molecule has 3 N–H and O–H groups in total. The van der Waals surface area contributed by atoms with Crippen LogP contribution in [0.4, 0.5) is 4.39 Å². The van der Waals surface area contributed by atoms with E-state index in [0.29, 0.717) is 36.5 Å². The number of rotatable bonds is 11. The van der Waals surface area contributed by atoms with Crippen molar-refractivity contribution in [3.63, 3.8) is 0 Å². The lowest BCUT2D eigenvalue weighted by molar-refractivity contribution is -0.124. The number of hydroxylamine groups is 1. The number of halogens is 1. The zero-order chi connectivity index (χ0) is 25.4. The standard InChI is InChI=1S/C27H32FN3O4/c1-4-14-31(17-20-12-10-19(15-22(20)28)11-13-24(32)30-34)16-18(3)25-21-8-6-7-9-23(21)29-26(25)27(33)35-5-2/h6-13,15,18,29,34H,4-5,14,16-17H2,1-3H3,(H,30,32)/b13-11+. The molecule has 0 aliphatic heterocycles. The van der Waals surface area contributed by atoms with E-state index in [1.54, 1.807) is 19.1 Å². The molecule has 3 aromatic rings. The van der Waals surface area contributed by atoms with Crippen LogP contribution in [-0.4, -0.2) is 46.7 Å². The summed E-state index contributed by atoms with van der Waals surface area (Å²) in [6.07, 6.45) is 3.45. The van der Waals surface area contributed by atoms with E-state index in [1.807, 2.05) is 24.3 Å². The molecule has 0 aliphatic carbocycles. The number of aromatic nitrogens is 1. The molecule has 186 valence electrons. The highest BCUT2D eigenvalue weighted by molar-refractivity contribution is 5.98. The van der Waals surface area contributed by atoms with Gasteiger partial charge in [0.1, 0.15) is 11.5 Å². The monoisotopic (exact) mass is 481 g/mol. The summed E-state index contributed by atoms with van der Waals surface area (Å²) in [7, 11) is 0. The SMILES string of the molecule is CCCN(Cc1ccc(/C=C/C(=O)NO)cc1F)CC(C)c1c(C(=O)OCC)[nH]c2ccccc12. The van der Waals surface area contributed by atoms with Crippen molar-refractivity contribution in [2.45, 2.75) is 39.7 Å². The van der Waals surface area contributed by atoms with Crippen LogP contribution in [0.2, 0.25) is 0 Å². The number of benzene rings is 2. The first-order valence-electron chi connectivity index (χ1n) is 11.8. The molecule has 0 radical (unpaired) electrons. The van der Waals surface area contributed by atoms with E-state index in [1.165, 1.54) is 17.6 Å². The Morgan fingerprint density at radius 1 is 1.23 bits per heavy atom. The van der Waals surface area contributed by atoms with Gasteiger partial charge in [0.25, 0.3) is 5.91 Å². The molecular formula is C27H32FN3O4. The zero-order valence-corrected chi connectivity index (χ0v) is 20.3. The summed E-state index contributed by atoms with van der Waals surface area (Å²) in [6, 6.07) is 12.6. The van der Waals surface area contributed by atoms with Crippen LogP contribution in [0.3, 0.4) is 0 Å². The van der Waals surface area contributed by atoms with Gasteiger partial charge >= 0.3 is 5.97 Å². The lowest BCUT2D eigenvalue weighted by Crippen LogP contribution is -2.29. The molecule has 0 spiro atoms. The number of hydrogen-bond donors (Lipinski definition) is 3. The minimum absolute atomic E-state index is 0.0145.